The van der Waals surface area contributed by atoms with E-state index in [0.717, 1.165) is 12.8 Å². The number of aromatic amines is 1. The monoisotopic (exact) mass is 236 g/mol. The molecule has 1 saturated heterocycles. The van der Waals surface area contributed by atoms with Gasteiger partial charge in [0.25, 0.3) is 0 Å². The maximum absolute atomic E-state index is 12.4. The van der Waals surface area contributed by atoms with Crippen LogP contribution in [0.1, 0.15) is 31.5 Å². The van der Waals surface area contributed by atoms with E-state index in [-0.39, 0.29) is 5.91 Å². The molecule has 0 aromatic carbocycles. The molecule has 0 spiro atoms. The van der Waals surface area contributed by atoms with Gasteiger partial charge in [0.2, 0.25) is 5.91 Å². The molecule has 0 atom stereocenters. The van der Waals surface area contributed by atoms with Gasteiger partial charge in [-0.3, -0.25) is 9.89 Å². The van der Waals surface area contributed by atoms with Crippen LogP contribution in [0.4, 0.5) is 0 Å². The number of carbonyl (C=O) groups is 1. The lowest BCUT2D eigenvalue weighted by atomic mass is 9.78. The molecular formula is C11H16N4O2. The minimum absolute atomic E-state index is 0.0695. The lowest BCUT2D eigenvalue weighted by Crippen LogP contribution is -2.49. The number of hydrogen-bond acceptors (Lipinski definition) is 4. The third kappa shape index (κ3) is 1.93. The van der Waals surface area contributed by atoms with E-state index in [1.807, 2.05) is 0 Å². The highest BCUT2D eigenvalue weighted by molar-refractivity contribution is 5.87. The largest absolute Gasteiger partial charge is 0.381 e. The third-order valence-electron chi connectivity index (χ3n) is 3.56. The first-order valence-electron chi connectivity index (χ1n) is 6.06. The fourth-order valence-electron chi connectivity index (χ4n) is 2.28. The molecule has 1 aliphatic heterocycles. The van der Waals surface area contributed by atoms with E-state index in [2.05, 4.69) is 20.5 Å². The number of rotatable bonds is 3. The highest BCUT2D eigenvalue weighted by Gasteiger charge is 2.45. The molecular weight excluding hydrogens is 220 g/mol. The highest BCUT2D eigenvalue weighted by atomic mass is 16.5. The first-order valence-corrected chi connectivity index (χ1v) is 6.06. The quantitative estimate of drug-likeness (QED) is 0.782. The van der Waals surface area contributed by atoms with E-state index >= 15 is 0 Å². The Bertz CT molecular complexity index is 394. The molecule has 1 aromatic rings. The van der Waals surface area contributed by atoms with Gasteiger partial charge in [0.05, 0.1) is 0 Å². The molecule has 92 valence electrons. The molecule has 0 bridgehead atoms. The first-order chi connectivity index (χ1) is 8.31. The van der Waals surface area contributed by atoms with Crippen molar-refractivity contribution in [3.8, 4) is 0 Å². The maximum Gasteiger partial charge on any atom is 0.234 e. The second-order valence-corrected chi connectivity index (χ2v) is 4.78. The van der Waals surface area contributed by atoms with Crippen LogP contribution in [-0.2, 0) is 14.9 Å². The van der Waals surface area contributed by atoms with Crippen molar-refractivity contribution in [2.24, 2.45) is 0 Å². The summed E-state index contributed by atoms with van der Waals surface area (Å²) in [6, 6.07) is 0.366. The molecule has 2 heterocycles. The minimum atomic E-state index is -0.572. The summed E-state index contributed by atoms with van der Waals surface area (Å²) in [5.74, 6) is 0.735. The Kier molecular flexibility index (Phi) is 2.58. The van der Waals surface area contributed by atoms with Gasteiger partial charge in [-0.05, 0) is 25.7 Å². The standard InChI is InChI=1S/C11H16N4O2/c16-10(14-8-1-2-8)11(3-5-17-6-4-11)9-12-7-13-15-9/h7-8H,1-6H2,(H,14,16)(H,12,13,15). The predicted molar refractivity (Wildman–Crippen MR) is 59.3 cm³/mol. The zero-order valence-corrected chi connectivity index (χ0v) is 9.61. The smallest absolute Gasteiger partial charge is 0.234 e. The van der Waals surface area contributed by atoms with Gasteiger partial charge in [-0.2, -0.15) is 5.10 Å². The van der Waals surface area contributed by atoms with Crippen molar-refractivity contribution < 1.29 is 9.53 Å². The van der Waals surface area contributed by atoms with Gasteiger partial charge < -0.3 is 10.1 Å². The van der Waals surface area contributed by atoms with Gasteiger partial charge in [-0.15, -0.1) is 0 Å². The van der Waals surface area contributed by atoms with Crippen molar-refractivity contribution in [2.45, 2.75) is 37.1 Å². The summed E-state index contributed by atoms with van der Waals surface area (Å²) < 4.78 is 5.35. The Hall–Kier alpha value is -1.43. The molecule has 6 heteroatoms. The Morgan fingerprint density at radius 1 is 1.47 bits per heavy atom. The molecule has 1 amide bonds. The molecule has 3 rings (SSSR count). The summed E-state index contributed by atoms with van der Waals surface area (Å²) >= 11 is 0. The number of aromatic nitrogens is 3. The van der Waals surface area contributed by atoms with Crippen molar-refractivity contribution in [3.05, 3.63) is 12.2 Å². The van der Waals surface area contributed by atoms with Gasteiger partial charge in [0.1, 0.15) is 17.6 Å². The molecule has 2 fully saturated rings. The zero-order chi connectivity index (χ0) is 11.7. The molecule has 1 aliphatic carbocycles. The summed E-state index contributed by atoms with van der Waals surface area (Å²) in [6.45, 7) is 1.19. The average molecular weight is 236 g/mol. The van der Waals surface area contributed by atoms with Gasteiger partial charge in [0.15, 0.2) is 0 Å². The number of nitrogens with zero attached hydrogens (tertiary/aromatic N) is 2. The van der Waals surface area contributed by atoms with Crippen LogP contribution < -0.4 is 5.32 Å². The van der Waals surface area contributed by atoms with Crippen molar-refractivity contribution >= 4 is 5.91 Å². The maximum atomic E-state index is 12.4. The molecule has 2 aliphatic rings. The van der Waals surface area contributed by atoms with Gasteiger partial charge in [-0.1, -0.05) is 0 Å². The van der Waals surface area contributed by atoms with E-state index < -0.39 is 5.41 Å². The fourth-order valence-corrected chi connectivity index (χ4v) is 2.28. The molecule has 17 heavy (non-hydrogen) atoms. The van der Waals surface area contributed by atoms with E-state index in [9.17, 15) is 4.79 Å². The predicted octanol–water partition coefficient (Wildman–Crippen LogP) is 0.131. The minimum Gasteiger partial charge on any atom is -0.381 e. The topological polar surface area (TPSA) is 79.9 Å². The number of H-pyrrole nitrogens is 1. The summed E-state index contributed by atoms with van der Waals surface area (Å²) in [4.78, 5) is 16.6. The van der Waals surface area contributed by atoms with Gasteiger partial charge >= 0.3 is 0 Å². The molecule has 0 unspecified atom stereocenters. The van der Waals surface area contributed by atoms with Crippen LogP contribution in [0.5, 0.6) is 0 Å². The van der Waals surface area contributed by atoms with Gasteiger partial charge in [-0.25, -0.2) is 4.98 Å². The molecule has 1 aromatic heterocycles. The van der Waals surface area contributed by atoms with E-state index in [1.54, 1.807) is 0 Å². The van der Waals surface area contributed by atoms with Crippen LogP contribution in [-0.4, -0.2) is 40.3 Å². The van der Waals surface area contributed by atoms with Crippen LogP contribution in [0, 0.1) is 0 Å². The van der Waals surface area contributed by atoms with Crippen LogP contribution in [0.2, 0.25) is 0 Å². The van der Waals surface area contributed by atoms with Crippen molar-refractivity contribution in [1.82, 2.24) is 20.5 Å². The van der Waals surface area contributed by atoms with Crippen LogP contribution in [0.3, 0.4) is 0 Å². The van der Waals surface area contributed by atoms with E-state index in [1.165, 1.54) is 6.33 Å². The van der Waals surface area contributed by atoms with Crippen molar-refractivity contribution in [3.63, 3.8) is 0 Å². The first kappa shape index (κ1) is 10.7. The summed E-state index contributed by atoms with van der Waals surface area (Å²) in [5.41, 5.74) is -0.572. The lowest BCUT2D eigenvalue weighted by Gasteiger charge is -2.33. The Labute approximate surface area is 99.1 Å². The van der Waals surface area contributed by atoms with Crippen LogP contribution in [0.15, 0.2) is 6.33 Å². The second-order valence-electron chi connectivity index (χ2n) is 4.78. The second kappa shape index (κ2) is 4.10. The van der Waals surface area contributed by atoms with Crippen LogP contribution in [0.25, 0.3) is 0 Å². The molecule has 2 N–H and O–H groups in total. The summed E-state index contributed by atoms with van der Waals surface area (Å²) in [7, 11) is 0. The summed E-state index contributed by atoms with van der Waals surface area (Å²) in [6.07, 6.45) is 4.97. The fraction of sp³-hybridized carbons (Fsp3) is 0.727. The number of amides is 1. The van der Waals surface area contributed by atoms with E-state index in [4.69, 9.17) is 4.74 Å². The Morgan fingerprint density at radius 2 is 2.24 bits per heavy atom. The van der Waals surface area contributed by atoms with Crippen molar-refractivity contribution in [1.29, 1.82) is 0 Å². The normalized spacial score (nSPS) is 23.3. The number of hydrogen-bond donors (Lipinski definition) is 2. The third-order valence-corrected chi connectivity index (χ3v) is 3.56. The number of ether oxygens (including phenoxy) is 1. The van der Waals surface area contributed by atoms with E-state index in [0.29, 0.717) is 37.9 Å². The molecule has 0 radical (unpaired) electrons. The van der Waals surface area contributed by atoms with Gasteiger partial charge in [0, 0.05) is 19.3 Å². The SMILES string of the molecule is O=C(NC1CC1)C1(c2ncn[nH]2)CCOCC1. The lowest BCUT2D eigenvalue weighted by molar-refractivity contribution is -0.131. The number of carbonyl (C=O) groups excluding carboxylic acids is 1. The molecule has 6 nitrogen and oxygen atoms in total. The summed E-state index contributed by atoms with van der Waals surface area (Å²) in [5, 5.41) is 9.78. The van der Waals surface area contributed by atoms with Crippen LogP contribution >= 0.6 is 0 Å². The zero-order valence-electron chi connectivity index (χ0n) is 9.61. The number of nitrogens with one attached hydrogen (secondary N) is 2. The van der Waals surface area contributed by atoms with Crippen molar-refractivity contribution in [2.75, 3.05) is 13.2 Å². The Morgan fingerprint density at radius 3 is 2.82 bits per heavy atom. The highest BCUT2D eigenvalue weighted by Crippen LogP contribution is 2.34. The Balaban J connectivity index is 1.86. The average Bonchev–Trinajstić information content (AvgIpc) is 3.00. The molecule has 1 saturated carbocycles.